The number of benzene rings is 2. The van der Waals surface area contributed by atoms with Crippen molar-refractivity contribution in [2.75, 3.05) is 21.2 Å². The van der Waals surface area contributed by atoms with E-state index in [1.165, 1.54) is 11.1 Å². The van der Waals surface area contributed by atoms with Gasteiger partial charge in [-0.05, 0) is 74.5 Å². The van der Waals surface area contributed by atoms with Gasteiger partial charge in [-0.25, -0.2) is 0 Å². The van der Waals surface area contributed by atoms with Gasteiger partial charge in [0.1, 0.15) is 11.4 Å². The SMILES string of the molecule is COc1ccc(CC(=O)C2(O)CCC(c3ccc(CN(C)C)cc3)CC2)cc1. The minimum Gasteiger partial charge on any atom is -0.497 e. The molecule has 2 aromatic rings. The van der Waals surface area contributed by atoms with Gasteiger partial charge in [-0.3, -0.25) is 4.79 Å². The number of Topliss-reactive ketones (excluding diaryl/α,β-unsaturated/α-hetero) is 1. The maximum absolute atomic E-state index is 12.7. The number of methoxy groups -OCH3 is 1. The molecule has 0 aromatic heterocycles. The number of carbonyl (C=O) groups excluding carboxylic acids is 1. The summed E-state index contributed by atoms with van der Waals surface area (Å²) in [6.45, 7) is 0.935. The lowest BCUT2D eigenvalue weighted by atomic mass is 9.73. The van der Waals surface area contributed by atoms with Gasteiger partial charge in [0.15, 0.2) is 5.78 Å². The highest BCUT2D eigenvalue weighted by molar-refractivity contribution is 5.89. The van der Waals surface area contributed by atoms with E-state index in [-0.39, 0.29) is 12.2 Å². The number of rotatable bonds is 7. The summed E-state index contributed by atoms with van der Waals surface area (Å²) in [5.74, 6) is 1.12. The Morgan fingerprint density at radius 1 is 1.04 bits per heavy atom. The number of ether oxygens (including phenoxy) is 1. The number of nitrogens with zero attached hydrogens (tertiary/aromatic N) is 1. The number of hydrogen-bond donors (Lipinski definition) is 1. The highest BCUT2D eigenvalue weighted by Gasteiger charge is 2.39. The molecule has 0 spiro atoms. The van der Waals surface area contributed by atoms with Gasteiger partial charge in [0.25, 0.3) is 0 Å². The van der Waals surface area contributed by atoms with Crippen LogP contribution in [0, 0.1) is 0 Å². The molecule has 0 bridgehead atoms. The second kappa shape index (κ2) is 8.89. The van der Waals surface area contributed by atoms with Crippen LogP contribution in [0.5, 0.6) is 5.75 Å². The molecule has 0 radical (unpaired) electrons. The Bertz CT molecular complexity index is 773. The van der Waals surface area contributed by atoms with Gasteiger partial charge in [0.2, 0.25) is 0 Å². The van der Waals surface area contributed by atoms with Crippen molar-refractivity contribution >= 4 is 5.78 Å². The van der Waals surface area contributed by atoms with Crippen molar-refractivity contribution in [2.45, 2.75) is 50.2 Å². The zero-order chi connectivity index (χ0) is 20.1. The van der Waals surface area contributed by atoms with Crippen molar-refractivity contribution in [1.29, 1.82) is 0 Å². The van der Waals surface area contributed by atoms with Gasteiger partial charge < -0.3 is 14.7 Å². The summed E-state index contributed by atoms with van der Waals surface area (Å²) in [5, 5.41) is 10.9. The van der Waals surface area contributed by atoms with Crippen LogP contribution in [0.15, 0.2) is 48.5 Å². The van der Waals surface area contributed by atoms with Crippen LogP contribution >= 0.6 is 0 Å². The van der Waals surface area contributed by atoms with Crippen LogP contribution < -0.4 is 4.74 Å². The standard InChI is InChI=1S/C24H31NO3/c1-25(2)17-19-4-8-20(9-5-19)21-12-14-24(27,15-13-21)23(26)16-18-6-10-22(28-3)11-7-18/h4-11,21,27H,12-17H2,1-3H3. The summed E-state index contributed by atoms with van der Waals surface area (Å²) in [6.07, 6.45) is 3.03. The van der Waals surface area contributed by atoms with Crippen LogP contribution in [-0.4, -0.2) is 42.6 Å². The molecular weight excluding hydrogens is 350 g/mol. The average Bonchev–Trinajstić information content (AvgIpc) is 2.69. The molecule has 1 fully saturated rings. The summed E-state index contributed by atoms with van der Waals surface area (Å²) in [5.41, 5.74) is 2.34. The molecule has 0 aliphatic heterocycles. The van der Waals surface area contributed by atoms with E-state index in [2.05, 4.69) is 43.3 Å². The smallest absolute Gasteiger partial charge is 0.168 e. The monoisotopic (exact) mass is 381 g/mol. The molecule has 1 N–H and O–H groups in total. The third-order valence-electron chi connectivity index (χ3n) is 5.81. The molecule has 4 heteroatoms. The van der Waals surface area contributed by atoms with Gasteiger partial charge in [0.05, 0.1) is 7.11 Å². The van der Waals surface area contributed by atoms with Crippen molar-refractivity contribution in [3.63, 3.8) is 0 Å². The second-order valence-electron chi connectivity index (χ2n) is 8.23. The summed E-state index contributed by atoms with van der Waals surface area (Å²) in [4.78, 5) is 14.9. The number of ketones is 1. The maximum atomic E-state index is 12.7. The van der Waals surface area contributed by atoms with Crippen LogP contribution in [0.3, 0.4) is 0 Å². The van der Waals surface area contributed by atoms with Crippen molar-refractivity contribution < 1.29 is 14.6 Å². The topological polar surface area (TPSA) is 49.8 Å². The Labute approximate surface area is 168 Å². The van der Waals surface area contributed by atoms with Crippen molar-refractivity contribution in [2.24, 2.45) is 0 Å². The molecule has 0 amide bonds. The second-order valence-corrected chi connectivity index (χ2v) is 8.23. The van der Waals surface area contributed by atoms with Crippen LogP contribution in [0.2, 0.25) is 0 Å². The Morgan fingerprint density at radius 2 is 1.61 bits per heavy atom. The zero-order valence-corrected chi connectivity index (χ0v) is 17.1. The number of carbonyl (C=O) groups is 1. The molecule has 1 aliphatic carbocycles. The lowest BCUT2D eigenvalue weighted by molar-refractivity contribution is -0.140. The first-order chi connectivity index (χ1) is 13.4. The summed E-state index contributed by atoms with van der Waals surface area (Å²) in [6, 6.07) is 16.3. The predicted molar refractivity (Wildman–Crippen MR) is 112 cm³/mol. The largest absolute Gasteiger partial charge is 0.497 e. The lowest BCUT2D eigenvalue weighted by Gasteiger charge is -2.35. The lowest BCUT2D eigenvalue weighted by Crippen LogP contribution is -2.42. The fourth-order valence-corrected chi connectivity index (χ4v) is 4.06. The average molecular weight is 382 g/mol. The Morgan fingerprint density at radius 3 is 2.14 bits per heavy atom. The molecule has 4 nitrogen and oxygen atoms in total. The van der Waals surface area contributed by atoms with Gasteiger partial charge in [0, 0.05) is 13.0 Å². The molecular formula is C24H31NO3. The first kappa shape index (κ1) is 20.6. The number of aliphatic hydroxyl groups is 1. The Hall–Kier alpha value is -2.17. The first-order valence-corrected chi connectivity index (χ1v) is 10.0. The first-order valence-electron chi connectivity index (χ1n) is 10.0. The van der Waals surface area contributed by atoms with Gasteiger partial charge >= 0.3 is 0 Å². The van der Waals surface area contributed by atoms with Crippen molar-refractivity contribution in [1.82, 2.24) is 4.90 Å². The molecule has 150 valence electrons. The molecule has 2 aromatic carbocycles. The van der Waals surface area contributed by atoms with E-state index in [1.807, 2.05) is 24.3 Å². The van der Waals surface area contributed by atoms with Crippen LogP contribution in [0.1, 0.15) is 48.3 Å². The maximum Gasteiger partial charge on any atom is 0.168 e. The Balaban J connectivity index is 1.57. The van der Waals surface area contributed by atoms with Crippen LogP contribution in [0.4, 0.5) is 0 Å². The van der Waals surface area contributed by atoms with Crippen LogP contribution in [0.25, 0.3) is 0 Å². The normalized spacial score (nSPS) is 22.2. The predicted octanol–water partition coefficient (Wildman–Crippen LogP) is 3.96. The minimum absolute atomic E-state index is 0.0718. The highest BCUT2D eigenvalue weighted by atomic mass is 16.5. The van der Waals surface area contributed by atoms with Gasteiger partial charge in [-0.1, -0.05) is 36.4 Å². The molecule has 1 saturated carbocycles. The minimum atomic E-state index is -1.19. The molecule has 3 rings (SSSR count). The third-order valence-corrected chi connectivity index (χ3v) is 5.81. The molecule has 0 unspecified atom stereocenters. The van der Waals surface area contributed by atoms with E-state index in [9.17, 15) is 9.90 Å². The van der Waals surface area contributed by atoms with Crippen LogP contribution in [-0.2, 0) is 17.8 Å². The fraction of sp³-hybridized carbons (Fsp3) is 0.458. The zero-order valence-electron chi connectivity index (χ0n) is 17.1. The van der Waals surface area contributed by atoms with E-state index in [0.29, 0.717) is 18.8 Å². The van der Waals surface area contributed by atoms with Crippen molar-refractivity contribution in [3.05, 3.63) is 65.2 Å². The highest BCUT2D eigenvalue weighted by Crippen LogP contribution is 2.39. The van der Waals surface area contributed by atoms with E-state index in [1.54, 1.807) is 7.11 Å². The van der Waals surface area contributed by atoms with Crippen molar-refractivity contribution in [3.8, 4) is 5.75 Å². The molecule has 0 atom stereocenters. The molecule has 1 aliphatic rings. The Kier molecular flexibility index (Phi) is 6.53. The van der Waals surface area contributed by atoms with E-state index in [4.69, 9.17) is 4.74 Å². The summed E-state index contributed by atoms with van der Waals surface area (Å²) < 4.78 is 5.15. The van der Waals surface area contributed by atoms with E-state index in [0.717, 1.165) is 30.7 Å². The van der Waals surface area contributed by atoms with Gasteiger partial charge in [-0.2, -0.15) is 0 Å². The van der Waals surface area contributed by atoms with E-state index >= 15 is 0 Å². The van der Waals surface area contributed by atoms with E-state index < -0.39 is 5.60 Å². The quantitative estimate of drug-likeness (QED) is 0.789. The summed E-state index contributed by atoms with van der Waals surface area (Å²) >= 11 is 0. The molecule has 0 heterocycles. The molecule has 0 saturated heterocycles. The third kappa shape index (κ3) is 5.00. The van der Waals surface area contributed by atoms with Gasteiger partial charge in [-0.15, -0.1) is 0 Å². The fourth-order valence-electron chi connectivity index (χ4n) is 4.06. The molecule has 28 heavy (non-hydrogen) atoms. The number of hydrogen-bond acceptors (Lipinski definition) is 4. The summed E-state index contributed by atoms with van der Waals surface area (Å²) in [7, 11) is 5.76.